The minimum atomic E-state index is -0.0148. The number of rotatable bonds is 9. The number of benzene rings is 2. The first-order valence-electron chi connectivity index (χ1n) is 8.75. The third kappa shape index (κ3) is 7.21. The van der Waals surface area contributed by atoms with Crippen molar-refractivity contribution < 1.29 is 9.59 Å². The Balaban J connectivity index is 1.68. The number of carbonyl (C=O) groups excluding carboxylic acids is 2. The quantitative estimate of drug-likeness (QED) is 0.764. The predicted octanol–water partition coefficient (Wildman–Crippen LogP) is 2.83. The van der Waals surface area contributed by atoms with Crippen molar-refractivity contribution in [3.8, 4) is 0 Å². The number of hydrogen-bond donors (Lipinski definition) is 1. The molecule has 0 aromatic heterocycles. The average molecular weight is 338 g/mol. The molecule has 2 rings (SSSR count). The van der Waals surface area contributed by atoms with Gasteiger partial charge in [-0.05, 0) is 24.0 Å². The van der Waals surface area contributed by atoms with E-state index in [1.54, 1.807) is 11.8 Å². The van der Waals surface area contributed by atoms with Crippen LogP contribution in [0.3, 0.4) is 0 Å². The third-order valence-corrected chi connectivity index (χ3v) is 4.09. The van der Waals surface area contributed by atoms with E-state index in [9.17, 15) is 9.59 Å². The fourth-order valence-electron chi connectivity index (χ4n) is 2.72. The first kappa shape index (κ1) is 18.7. The lowest BCUT2D eigenvalue weighted by molar-refractivity contribution is -0.129. The van der Waals surface area contributed by atoms with Gasteiger partial charge in [-0.15, -0.1) is 0 Å². The van der Waals surface area contributed by atoms with Crippen LogP contribution in [0.15, 0.2) is 60.7 Å². The standard InChI is InChI=1S/C21H26N2O2/c1-18(24)23(15-8-13-19-9-4-2-5-10-19)16-14-22-21(25)17-20-11-6-3-7-12-20/h2-7,9-12H,8,13-17H2,1H3,(H,22,25). The van der Waals surface area contributed by atoms with Crippen LogP contribution in [0.4, 0.5) is 0 Å². The Labute approximate surface area is 149 Å². The minimum Gasteiger partial charge on any atom is -0.354 e. The smallest absolute Gasteiger partial charge is 0.224 e. The summed E-state index contributed by atoms with van der Waals surface area (Å²) >= 11 is 0. The molecule has 0 heterocycles. The van der Waals surface area contributed by atoms with Gasteiger partial charge >= 0.3 is 0 Å². The molecule has 2 amide bonds. The SMILES string of the molecule is CC(=O)N(CCCc1ccccc1)CCNC(=O)Cc1ccccc1. The summed E-state index contributed by atoms with van der Waals surface area (Å²) in [6.07, 6.45) is 2.24. The Hall–Kier alpha value is -2.62. The summed E-state index contributed by atoms with van der Waals surface area (Å²) in [7, 11) is 0. The highest BCUT2D eigenvalue weighted by Gasteiger charge is 2.09. The summed E-state index contributed by atoms with van der Waals surface area (Å²) < 4.78 is 0. The van der Waals surface area contributed by atoms with Gasteiger partial charge in [-0.2, -0.15) is 0 Å². The highest BCUT2D eigenvalue weighted by Crippen LogP contribution is 2.04. The summed E-state index contributed by atoms with van der Waals surface area (Å²) in [4.78, 5) is 25.5. The van der Waals surface area contributed by atoms with E-state index < -0.39 is 0 Å². The monoisotopic (exact) mass is 338 g/mol. The Morgan fingerprint density at radius 2 is 1.48 bits per heavy atom. The van der Waals surface area contributed by atoms with Gasteiger partial charge < -0.3 is 10.2 Å². The van der Waals surface area contributed by atoms with Crippen molar-refractivity contribution in [1.82, 2.24) is 10.2 Å². The van der Waals surface area contributed by atoms with Crippen molar-refractivity contribution in [1.29, 1.82) is 0 Å². The molecule has 25 heavy (non-hydrogen) atoms. The molecule has 0 spiro atoms. The molecule has 0 aliphatic rings. The van der Waals surface area contributed by atoms with Gasteiger partial charge in [0.05, 0.1) is 6.42 Å². The number of hydrogen-bond acceptors (Lipinski definition) is 2. The van der Waals surface area contributed by atoms with E-state index in [-0.39, 0.29) is 11.8 Å². The number of nitrogens with one attached hydrogen (secondary N) is 1. The van der Waals surface area contributed by atoms with E-state index in [1.807, 2.05) is 48.5 Å². The van der Waals surface area contributed by atoms with Crippen LogP contribution < -0.4 is 5.32 Å². The van der Waals surface area contributed by atoms with Crippen LogP contribution in [-0.4, -0.2) is 36.3 Å². The molecule has 0 aliphatic heterocycles. The molecule has 0 atom stereocenters. The molecular weight excluding hydrogens is 312 g/mol. The summed E-state index contributed by atoms with van der Waals surface area (Å²) in [5.41, 5.74) is 2.27. The van der Waals surface area contributed by atoms with Gasteiger partial charge in [0.2, 0.25) is 11.8 Å². The van der Waals surface area contributed by atoms with Gasteiger partial charge in [0, 0.05) is 26.6 Å². The maximum Gasteiger partial charge on any atom is 0.224 e. The molecule has 4 nitrogen and oxygen atoms in total. The Kier molecular flexibility index (Phi) is 7.70. The van der Waals surface area contributed by atoms with Crippen molar-refractivity contribution in [2.24, 2.45) is 0 Å². The van der Waals surface area contributed by atoms with Crippen LogP contribution in [0, 0.1) is 0 Å². The second kappa shape index (κ2) is 10.3. The molecule has 4 heteroatoms. The zero-order chi connectivity index (χ0) is 17.9. The van der Waals surface area contributed by atoms with E-state index in [1.165, 1.54) is 5.56 Å². The molecule has 132 valence electrons. The fourth-order valence-corrected chi connectivity index (χ4v) is 2.72. The Bertz CT molecular complexity index is 656. The largest absolute Gasteiger partial charge is 0.354 e. The predicted molar refractivity (Wildman–Crippen MR) is 100 cm³/mol. The topological polar surface area (TPSA) is 49.4 Å². The molecule has 2 aromatic carbocycles. The lowest BCUT2D eigenvalue weighted by atomic mass is 10.1. The van der Waals surface area contributed by atoms with Gasteiger partial charge in [-0.3, -0.25) is 9.59 Å². The summed E-state index contributed by atoms with van der Waals surface area (Å²) in [6.45, 7) is 3.31. The van der Waals surface area contributed by atoms with Crippen LogP contribution in [0.2, 0.25) is 0 Å². The number of nitrogens with zero attached hydrogens (tertiary/aromatic N) is 1. The van der Waals surface area contributed by atoms with Crippen LogP contribution >= 0.6 is 0 Å². The Morgan fingerprint density at radius 3 is 2.08 bits per heavy atom. The summed E-state index contributed by atoms with van der Waals surface area (Å²) in [5, 5.41) is 2.89. The molecular formula is C21H26N2O2. The number of aryl methyl sites for hydroxylation is 1. The zero-order valence-electron chi connectivity index (χ0n) is 14.8. The highest BCUT2D eigenvalue weighted by atomic mass is 16.2. The molecule has 0 unspecified atom stereocenters. The van der Waals surface area contributed by atoms with Crippen molar-refractivity contribution in [2.75, 3.05) is 19.6 Å². The first-order chi connectivity index (χ1) is 12.1. The maximum absolute atomic E-state index is 11.9. The number of amides is 2. The van der Waals surface area contributed by atoms with E-state index in [0.29, 0.717) is 26.1 Å². The van der Waals surface area contributed by atoms with E-state index in [4.69, 9.17) is 0 Å². The molecule has 0 saturated heterocycles. The van der Waals surface area contributed by atoms with Gasteiger partial charge in [0.15, 0.2) is 0 Å². The number of carbonyl (C=O) groups is 2. The molecule has 0 bridgehead atoms. The molecule has 0 aliphatic carbocycles. The molecule has 2 aromatic rings. The van der Waals surface area contributed by atoms with Crippen molar-refractivity contribution in [3.05, 3.63) is 71.8 Å². The summed E-state index contributed by atoms with van der Waals surface area (Å²) in [5.74, 6) is 0.0318. The van der Waals surface area contributed by atoms with Crippen molar-refractivity contribution >= 4 is 11.8 Å². The lowest BCUT2D eigenvalue weighted by Gasteiger charge is -2.21. The van der Waals surface area contributed by atoms with Crippen LogP contribution in [-0.2, 0) is 22.4 Å². The molecule has 1 N–H and O–H groups in total. The van der Waals surface area contributed by atoms with Gasteiger partial charge in [0.25, 0.3) is 0 Å². The first-order valence-corrected chi connectivity index (χ1v) is 8.75. The Morgan fingerprint density at radius 1 is 0.880 bits per heavy atom. The van der Waals surface area contributed by atoms with E-state index in [0.717, 1.165) is 18.4 Å². The lowest BCUT2D eigenvalue weighted by Crippen LogP contribution is -2.38. The molecule has 0 radical (unpaired) electrons. The van der Waals surface area contributed by atoms with E-state index in [2.05, 4.69) is 17.4 Å². The van der Waals surface area contributed by atoms with Crippen LogP contribution in [0.25, 0.3) is 0 Å². The van der Waals surface area contributed by atoms with Crippen molar-refractivity contribution in [3.63, 3.8) is 0 Å². The highest BCUT2D eigenvalue weighted by molar-refractivity contribution is 5.78. The second-order valence-electron chi connectivity index (χ2n) is 6.11. The van der Waals surface area contributed by atoms with E-state index >= 15 is 0 Å². The average Bonchev–Trinajstić information content (AvgIpc) is 2.62. The normalized spacial score (nSPS) is 10.3. The van der Waals surface area contributed by atoms with Crippen LogP contribution in [0.1, 0.15) is 24.5 Å². The van der Waals surface area contributed by atoms with Crippen LogP contribution in [0.5, 0.6) is 0 Å². The zero-order valence-corrected chi connectivity index (χ0v) is 14.8. The minimum absolute atomic E-state index is 0.0148. The summed E-state index contributed by atoms with van der Waals surface area (Å²) in [6, 6.07) is 19.9. The maximum atomic E-state index is 11.9. The third-order valence-electron chi connectivity index (χ3n) is 4.09. The van der Waals surface area contributed by atoms with Gasteiger partial charge in [-0.25, -0.2) is 0 Å². The molecule has 0 saturated carbocycles. The molecule has 0 fully saturated rings. The van der Waals surface area contributed by atoms with Gasteiger partial charge in [-0.1, -0.05) is 60.7 Å². The van der Waals surface area contributed by atoms with Gasteiger partial charge in [0.1, 0.15) is 0 Å². The second-order valence-corrected chi connectivity index (χ2v) is 6.11. The van der Waals surface area contributed by atoms with Crippen molar-refractivity contribution in [2.45, 2.75) is 26.2 Å². The fraction of sp³-hybridized carbons (Fsp3) is 0.333.